The lowest BCUT2D eigenvalue weighted by Crippen LogP contribution is -1.93. The van der Waals surface area contributed by atoms with Crippen molar-refractivity contribution in [3.05, 3.63) is 42.4 Å². The molecule has 0 aliphatic carbocycles. The van der Waals surface area contributed by atoms with E-state index in [1.807, 2.05) is 13.0 Å². The van der Waals surface area contributed by atoms with Gasteiger partial charge in [0.1, 0.15) is 5.75 Å². The zero-order valence-corrected chi connectivity index (χ0v) is 9.18. The molecule has 0 bridgehead atoms. The van der Waals surface area contributed by atoms with Crippen LogP contribution in [0.5, 0.6) is 17.4 Å². The molecule has 0 N–H and O–H groups in total. The van der Waals surface area contributed by atoms with Crippen LogP contribution in [0.2, 0.25) is 0 Å². The quantitative estimate of drug-likeness (QED) is 0.791. The SMILES string of the molecule is COc1cccnc1Oc1ccnc(C)c1. The second kappa shape index (κ2) is 4.61. The fourth-order valence-corrected chi connectivity index (χ4v) is 1.30. The van der Waals surface area contributed by atoms with Crippen molar-refractivity contribution >= 4 is 0 Å². The van der Waals surface area contributed by atoms with Crippen LogP contribution in [0.1, 0.15) is 5.69 Å². The summed E-state index contributed by atoms with van der Waals surface area (Å²) < 4.78 is 10.7. The van der Waals surface area contributed by atoms with E-state index in [0.29, 0.717) is 17.4 Å². The highest BCUT2D eigenvalue weighted by molar-refractivity contribution is 5.36. The van der Waals surface area contributed by atoms with Gasteiger partial charge in [-0.2, -0.15) is 0 Å². The topological polar surface area (TPSA) is 44.2 Å². The molecule has 2 aromatic rings. The Bertz CT molecular complexity index is 486. The van der Waals surface area contributed by atoms with Crippen molar-refractivity contribution in [3.63, 3.8) is 0 Å². The van der Waals surface area contributed by atoms with E-state index in [1.165, 1.54) is 0 Å². The molecule has 4 nitrogen and oxygen atoms in total. The Morgan fingerprint density at radius 2 is 2.00 bits per heavy atom. The van der Waals surface area contributed by atoms with Crippen LogP contribution in [-0.4, -0.2) is 17.1 Å². The Morgan fingerprint density at radius 3 is 2.75 bits per heavy atom. The lowest BCUT2D eigenvalue weighted by atomic mass is 10.3. The molecule has 0 amide bonds. The van der Waals surface area contributed by atoms with Gasteiger partial charge < -0.3 is 9.47 Å². The van der Waals surface area contributed by atoms with Gasteiger partial charge in [0.2, 0.25) is 0 Å². The van der Waals surface area contributed by atoms with Crippen molar-refractivity contribution in [2.24, 2.45) is 0 Å². The van der Waals surface area contributed by atoms with Crippen LogP contribution >= 0.6 is 0 Å². The zero-order chi connectivity index (χ0) is 11.4. The first-order chi connectivity index (χ1) is 7.79. The third kappa shape index (κ3) is 2.28. The lowest BCUT2D eigenvalue weighted by Gasteiger charge is -2.08. The summed E-state index contributed by atoms with van der Waals surface area (Å²) in [7, 11) is 1.58. The monoisotopic (exact) mass is 216 g/mol. The minimum absolute atomic E-state index is 0.454. The molecule has 2 aromatic heterocycles. The fraction of sp³-hybridized carbons (Fsp3) is 0.167. The van der Waals surface area contributed by atoms with E-state index in [9.17, 15) is 0 Å². The van der Waals surface area contributed by atoms with Crippen molar-refractivity contribution < 1.29 is 9.47 Å². The van der Waals surface area contributed by atoms with E-state index in [-0.39, 0.29) is 0 Å². The smallest absolute Gasteiger partial charge is 0.262 e. The van der Waals surface area contributed by atoms with Crippen LogP contribution in [0.25, 0.3) is 0 Å². The van der Waals surface area contributed by atoms with Crippen LogP contribution in [0.4, 0.5) is 0 Å². The third-order valence-electron chi connectivity index (χ3n) is 2.04. The van der Waals surface area contributed by atoms with Crippen molar-refractivity contribution in [2.75, 3.05) is 7.11 Å². The largest absolute Gasteiger partial charge is 0.491 e. The molecule has 82 valence electrons. The van der Waals surface area contributed by atoms with Gasteiger partial charge in [-0.05, 0) is 25.1 Å². The van der Waals surface area contributed by atoms with Crippen molar-refractivity contribution in [1.29, 1.82) is 0 Å². The lowest BCUT2D eigenvalue weighted by molar-refractivity contribution is 0.369. The Hall–Kier alpha value is -2.10. The van der Waals surface area contributed by atoms with Crippen LogP contribution < -0.4 is 9.47 Å². The molecule has 16 heavy (non-hydrogen) atoms. The van der Waals surface area contributed by atoms with E-state index < -0.39 is 0 Å². The van der Waals surface area contributed by atoms with E-state index in [2.05, 4.69) is 9.97 Å². The minimum atomic E-state index is 0.454. The fourth-order valence-electron chi connectivity index (χ4n) is 1.30. The zero-order valence-electron chi connectivity index (χ0n) is 9.18. The molecule has 2 rings (SSSR count). The van der Waals surface area contributed by atoms with Gasteiger partial charge in [-0.15, -0.1) is 0 Å². The number of hydrogen-bond acceptors (Lipinski definition) is 4. The van der Waals surface area contributed by atoms with E-state index in [0.717, 1.165) is 5.69 Å². The van der Waals surface area contributed by atoms with Gasteiger partial charge in [0.25, 0.3) is 5.88 Å². The van der Waals surface area contributed by atoms with E-state index >= 15 is 0 Å². The number of aryl methyl sites for hydroxylation is 1. The predicted octanol–water partition coefficient (Wildman–Crippen LogP) is 2.59. The second-order valence-corrected chi connectivity index (χ2v) is 3.25. The highest BCUT2D eigenvalue weighted by Crippen LogP contribution is 2.28. The Morgan fingerprint density at radius 1 is 1.12 bits per heavy atom. The number of rotatable bonds is 3. The third-order valence-corrected chi connectivity index (χ3v) is 2.04. The number of ether oxygens (including phenoxy) is 2. The van der Waals surface area contributed by atoms with Crippen molar-refractivity contribution in [1.82, 2.24) is 9.97 Å². The summed E-state index contributed by atoms with van der Waals surface area (Å²) in [6, 6.07) is 7.22. The summed E-state index contributed by atoms with van der Waals surface area (Å²) in [4.78, 5) is 8.20. The molecule has 0 spiro atoms. The number of nitrogens with zero attached hydrogens (tertiary/aromatic N) is 2. The first kappa shape index (κ1) is 10.4. The normalized spacial score (nSPS) is 9.88. The minimum Gasteiger partial charge on any atom is -0.491 e. The van der Waals surface area contributed by atoms with Crippen molar-refractivity contribution in [3.8, 4) is 17.4 Å². The van der Waals surface area contributed by atoms with Gasteiger partial charge in [-0.1, -0.05) is 0 Å². The van der Waals surface area contributed by atoms with Gasteiger partial charge in [-0.25, -0.2) is 4.98 Å². The van der Waals surface area contributed by atoms with Gasteiger partial charge in [0.15, 0.2) is 5.75 Å². The average molecular weight is 216 g/mol. The summed E-state index contributed by atoms with van der Waals surface area (Å²) in [6.07, 6.45) is 3.35. The second-order valence-electron chi connectivity index (χ2n) is 3.25. The summed E-state index contributed by atoms with van der Waals surface area (Å²) >= 11 is 0. The van der Waals surface area contributed by atoms with Crippen LogP contribution in [-0.2, 0) is 0 Å². The summed E-state index contributed by atoms with van der Waals surface area (Å²) in [5.74, 6) is 1.76. The molecule has 0 aromatic carbocycles. The Kier molecular flexibility index (Phi) is 3.00. The van der Waals surface area contributed by atoms with Crippen LogP contribution in [0, 0.1) is 6.92 Å². The first-order valence-electron chi connectivity index (χ1n) is 4.89. The molecule has 0 fully saturated rings. The molecule has 0 aliphatic heterocycles. The van der Waals surface area contributed by atoms with Gasteiger partial charge in [0.05, 0.1) is 7.11 Å². The molecular weight excluding hydrogens is 204 g/mol. The molecule has 2 heterocycles. The number of methoxy groups -OCH3 is 1. The van der Waals surface area contributed by atoms with Crippen LogP contribution in [0.3, 0.4) is 0 Å². The molecule has 0 atom stereocenters. The highest BCUT2D eigenvalue weighted by atomic mass is 16.5. The molecule has 0 aliphatic rings. The molecular formula is C12H12N2O2. The van der Waals surface area contributed by atoms with Gasteiger partial charge >= 0.3 is 0 Å². The molecule has 0 saturated carbocycles. The molecule has 0 saturated heterocycles. The summed E-state index contributed by atoms with van der Waals surface area (Å²) in [6.45, 7) is 1.91. The average Bonchev–Trinajstić information content (AvgIpc) is 2.30. The maximum Gasteiger partial charge on any atom is 0.262 e. The maximum atomic E-state index is 5.61. The Balaban J connectivity index is 2.26. The number of pyridine rings is 2. The summed E-state index contributed by atoms with van der Waals surface area (Å²) in [5.41, 5.74) is 0.896. The van der Waals surface area contributed by atoms with E-state index in [1.54, 1.807) is 37.7 Å². The Labute approximate surface area is 93.9 Å². The predicted molar refractivity (Wildman–Crippen MR) is 59.8 cm³/mol. The standard InChI is InChI=1S/C12H12N2O2/c1-9-8-10(5-7-13-9)16-12-11(15-2)4-3-6-14-12/h3-8H,1-2H3. The van der Waals surface area contributed by atoms with E-state index in [4.69, 9.17) is 9.47 Å². The van der Waals surface area contributed by atoms with Crippen LogP contribution in [0.15, 0.2) is 36.7 Å². The van der Waals surface area contributed by atoms with Gasteiger partial charge in [0, 0.05) is 24.2 Å². The number of hydrogen-bond donors (Lipinski definition) is 0. The van der Waals surface area contributed by atoms with Gasteiger partial charge in [-0.3, -0.25) is 4.98 Å². The number of aromatic nitrogens is 2. The highest BCUT2D eigenvalue weighted by Gasteiger charge is 2.05. The van der Waals surface area contributed by atoms with Crippen molar-refractivity contribution in [2.45, 2.75) is 6.92 Å². The maximum absolute atomic E-state index is 5.61. The molecule has 4 heteroatoms. The molecule has 0 radical (unpaired) electrons. The molecule has 0 unspecified atom stereocenters. The first-order valence-corrected chi connectivity index (χ1v) is 4.89. The summed E-state index contributed by atoms with van der Waals surface area (Å²) in [5, 5.41) is 0.